The predicted octanol–water partition coefficient (Wildman–Crippen LogP) is -0.293. The first-order valence-corrected chi connectivity index (χ1v) is 2.96. The van der Waals surface area contributed by atoms with Crippen molar-refractivity contribution >= 4 is 5.78 Å². The fourth-order valence-corrected chi connectivity index (χ4v) is 0.494. The molecular formula is C6H12O3. The van der Waals surface area contributed by atoms with Crippen LogP contribution in [0.5, 0.6) is 0 Å². The molecule has 2 N–H and O–H groups in total. The molecule has 0 bridgehead atoms. The van der Waals surface area contributed by atoms with Gasteiger partial charge in [-0.25, -0.2) is 0 Å². The maximum atomic E-state index is 10.3. The van der Waals surface area contributed by atoms with Crippen LogP contribution in [-0.4, -0.2) is 28.2 Å². The number of aliphatic hydroxyl groups excluding tert-OH is 2. The number of aliphatic hydroxyl groups is 2. The second kappa shape index (κ2) is 3.58. The maximum Gasteiger partial charge on any atom is 0.160 e. The lowest BCUT2D eigenvalue weighted by atomic mass is 10.1. The lowest BCUT2D eigenvalue weighted by Gasteiger charge is -2.11. The lowest BCUT2D eigenvalue weighted by Crippen LogP contribution is -2.31. The molecule has 0 aliphatic heterocycles. The van der Waals surface area contributed by atoms with E-state index in [1.54, 1.807) is 6.92 Å². The maximum absolute atomic E-state index is 10.3. The quantitative estimate of drug-likeness (QED) is 0.554. The zero-order valence-electron chi connectivity index (χ0n) is 5.66. The fourth-order valence-electron chi connectivity index (χ4n) is 0.494. The molecule has 0 radical (unpaired) electrons. The largest absolute Gasteiger partial charge is 0.390 e. The summed E-state index contributed by atoms with van der Waals surface area (Å²) in [5.74, 6) is -0.385. The van der Waals surface area contributed by atoms with Crippen LogP contribution in [0.2, 0.25) is 0 Å². The van der Waals surface area contributed by atoms with Gasteiger partial charge in [-0.15, -0.1) is 0 Å². The van der Waals surface area contributed by atoms with Crippen molar-refractivity contribution in [1.29, 1.82) is 0 Å². The van der Waals surface area contributed by atoms with Crippen LogP contribution in [0.3, 0.4) is 0 Å². The second-order valence-corrected chi connectivity index (χ2v) is 2.03. The Kier molecular flexibility index (Phi) is 3.42. The Morgan fingerprint density at radius 2 is 2.00 bits per heavy atom. The first kappa shape index (κ1) is 8.59. The summed E-state index contributed by atoms with van der Waals surface area (Å²) >= 11 is 0. The number of hydrogen-bond acceptors (Lipinski definition) is 3. The molecule has 9 heavy (non-hydrogen) atoms. The zero-order chi connectivity index (χ0) is 7.44. The van der Waals surface area contributed by atoms with Crippen LogP contribution in [0.1, 0.15) is 20.3 Å². The van der Waals surface area contributed by atoms with E-state index in [1.165, 1.54) is 6.92 Å². The Balaban J connectivity index is 3.72. The van der Waals surface area contributed by atoms with Crippen LogP contribution in [0.15, 0.2) is 0 Å². The Labute approximate surface area is 54.3 Å². The molecule has 1 unspecified atom stereocenters. The minimum absolute atomic E-state index is 0.385. The van der Waals surface area contributed by atoms with Crippen LogP contribution in [-0.2, 0) is 4.79 Å². The van der Waals surface area contributed by atoms with Crippen molar-refractivity contribution in [2.45, 2.75) is 32.5 Å². The van der Waals surface area contributed by atoms with Crippen LogP contribution >= 0.6 is 0 Å². The van der Waals surface area contributed by atoms with Crippen molar-refractivity contribution in [1.82, 2.24) is 0 Å². The number of ketones is 1. The molecule has 0 aliphatic carbocycles. The smallest absolute Gasteiger partial charge is 0.160 e. The number of hydrogen-bond donors (Lipinski definition) is 2. The molecule has 0 amide bonds. The first-order valence-electron chi connectivity index (χ1n) is 2.96. The summed E-state index contributed by atoms with van der Waals surface area (Å²) in [7, 11) is 0. The molecule has 0 aromatic heterocycles. The standard InChI is InChI=1S/C6H12O3/c1-3-5(8)6(9)4(2)7/h5-6,8-9H,3H2,1-2H3/t5-,6?/m1/s1. The summed E-state index contributed by atoms with van der Waals surface area (Å²) in [5, 5.41) is 17.6. The monoisotopic (exact) mass is 132 g/mol. The summed E-state index contributed by atoms with van der Waals surface area (Å²) in [4.78, 5) is 10.3. The minimum Gasteiger partial charge on any atom is -0.390 e. The third kappa shape index (κ3) is 2.58. The molecule has 0 aromatic carbocycles. The SMILES string of the molecule is CC[C@@H](O)C(O)C(C)=O. The fraction of sp³-hybridized carbons (Fsp3) is 0.833. The van der Waals surface area contributed by atoms with Crippen molar-refractivity contribution in [3.63, 3.8) is 0 Å². The van der Waals surface area contributed by atoms with Crippen molar-refractivity contribution in [2.75, 3.05) is 0 Å². The normalized spacial score (nSPS) is 16.9. The summed E-state index contributed by atoms with van der Waals surface area (Å²) in [6.45, 7) is 2.96. The van der Waals surface area contributed by atoms with Gasteiger partial charge in [0.05, 0.1) is 6.10 Å². The third-order valence-corrected chi connectivity index (χ3v) is 1.20. The molecule has 54 valence electrons. The molecule has 0 fully saturated rings. The molecule has 2 atom stereocenters. The number of carbonyl (C=O) groups is 1. The van der Waals surface area contributed by atoms with Gasteiger partial charge in [0.1, 0.15) is 6.10 Å². The van der Waals surface area contributed by atoms with Crippen molar-refractivity contribution in [3.8, 4) is 0 Å². The van der Waals surface area contributed by atoms with E-state index < -0.39 is 12.2 Å². The van der Waals surface area contributed by atoms with E-state index >= 15 is 0 Å². The van der Waals surface area contributed by atoms with Gasteiger partial charge in [0.25, 0.3) is 0 Å². The molecule has 0 saturated carbocycles. The summed E-state index contributed by atoms with van der Waals surface area (Å²) in [5.41, 5.74) is 0. The highest BCUT2D eigenvalue weighted by molar-refractivity contribution is 5.80. The first-order chi connectivity index (χ1) is 4.09. The van der Waals surface area contributed by atoms with E-state index in [4.69, 9.17) is 10.2 Å². The number of Topliss-reactive ketones (excluding diaryl/α,β-unsaturated/α-hetero) is 1. The van der Waals surface area contributed by atoms with E-state index in [-0.39, 0.29) is 5.78 Å². The average molecular weight is 132 g/mol. The van der Waals surface area contributed by atoms with Gasteiger partial charge in [-0.1, -0.05) is 6.92 Å². The van der Waals surface area contributed by atoms with Gasteiger partial charge in [-0.2, -0.15) is 0 Å². The molecule has 0 aliphatic rings. The van der Waals surface area contributed by atoms with Crippen molar-refractivity contribution in [2.24, 2.45) is 0 Å². The van der Waals surface area contributed by atoms with Crippen molar-refractivity contribution < 1.29 is 15.0 Å². The molecule has 0 aromatic rings. The van der Waals surface area contributed by atoms with Gasteiger partial charge in [0.15, 0.2) is 5.78 Å². The third-order valence-electron chi connectivity index (χ3n) is 1.20. The lowest BCUT2D eigenvalue weighted by molar-refractivity contribution is -0.130. The van der Waals surface area contributed by atoms with Gasteiger partial charge in [0, 0.05) is 0 Å². The molecule has 3 heteroatoms. The minimum atomic E-state index is -1.20. The molecule has 0 spiro atoms. The summed E-state index contributed by atoms with van der Waals surface area (Å²) in [6.07, 6.45) is -1.70. The zero-order valence-corrected chi connectivity index (χ0v) is 5.66. The molecule has 3 nitrogen and oxygen atoms in total. The summed E-state index contributed by atoms with van der Waals surface area (Å²) < 4.78 is 0. The molecule has 0 saturated heterocycles. The Morgan fingerprint density at radius 3 is 2.11 bits per heavy atom. The predicted molar refractivity (Wildman–Crippen MR) is 33.0 cm³/mol. The van der Waals surface area contributed by atoms with Gasteiger partial charge in [-0.05, 0) is 13.3 Å². The van der Waals surface area contributed by atoms with Gasteiger partial charge >= 0.3 is 0 Å². The number of carbonyl (C=O) groups excluding carboxylic acids is 1. The van der Waals surface area contributed by atoms with Crippen LogP contribution < -0.4 is 0 Å². The Bertz CT molecular complexity index is 100. The van der Waals surface area contributed by atoms with Crippen LogP contribution in [0.4, 0.5) is 0 Å². The van der Waals surface area contributed by atoms with E-state index in [2.05, 4.69) is 0 Å². The van der Waals surface area contributed by atoms with E-state index in [9.17, 15) is 4.79 Å². The van der Waals surface area contributed by atoms with Gasteiger partial charge < -0.3 is 10.2 Å². The highest BCUT2D eigenvalue weighted by Gasteiger charge is 2.17. The highest BCUT2D eigenvalue weighted by Crippen LogP contribution is 1.98. The van der Waals surface area contributed by atoms with E-state index in [0.29, 0.717) is 6.42 Å². The van der Waals surface area contributed by atoms with Gasteiger partial charge in [0.2, 0.25) is 0 Å². The van der Waals surface area contributed by atoms with Crippen LogP contribution in [0.25, 0.3) is 0 Å². The highest BCUT2D eigenvalue weighted by atomic mass is 16.3. The molecular weight excluding hydrogens is 120 g/mol. The van der Waals surface area contributed by atoms with Gasteiger partial charge in [-0.3, -0.25) is 4.79 Å². The summed E-state index contributed by atoms with van der Waals surface area (Å²) in [6, 6.07) is 0. The average Bonchev–Trinajstić information content (AvgIpc) is 1.84. The number of rotatable bonds is 3. The molecule has 0 rings (SSSR count). The van der Waals surface area contributed by atoms with E-state index in [1.807, 2.05) is 0 Å². The molecule has 0 heterocycles. The Morgan fingerprint density at radius 1 is 1.56 bits per heavy atom. The van der Waals surface area contributed by atoms with Crippen molar-refractivity contribution in [3.05, 3.63) is 0 Å². The Hall–Kier alpha value is -0.410. The van der Waals surface area contributed by atoms with E-state index in [0.717, 1.165) is 0 Å². The van der Waals surface area contributed by atoms with Crippen LogP contribution in [0, 0.1) is 0 Å². The topological polar surface area (TPSA) is 57.5 Å². The second-order valence-electron chi connectivity index (χ2n) is 2.03.